The number of rotatable bonds is 11. The van der Waals surface area contributed by atoms with E-state index in [1.807, 2.05) is 26.0 Å². The Labute approximate surface area is 229 Å². The lowest BCUT2D eigenvalue weighted by molar-refractivity contribution is -0.384. The van der Waals surface area contributed by atoms with E-state index in [-0.39, 0.29) is 23.4 Å². The van der Waals surface area contributed by atoms with Crippen LogP contribution in [-0.4, -0.2) is 50.7 Å². The number of sulfonamides is 1. The third-order valence-electron chi connectivity index (χ3n) is 6.40. The van der Waals surface area contributed by atoms with Gasteiger partial charge in [-0.1, -0.05) is 24.7 Å². The summed E-state index contributed by atoms with van der Waals surface area (Å²) in [5.41, 5.74) is 2.01. The van der Waals surface area contributed by atoms with Gasteiger partial charge in [0.2, 0.25) is 15.8 Å². The number of primary sulfonamides is 1. The Hall–Kier alpha value is -2.69. The summed E-state index contributed by atoms with van der Waals surface area (Å²) in [6.45, 7) is 6.44. The molecule has 212 valence electrons. The number of ether oxygens (including phenoxy) is 3. The van der Waals surface area contributed by atoms with Gasteiger partial charge < -0.3 is 19.3 Å². The average molecular weight is 561 g/mol. The van der Waals surface area contributed by atoms with Gasteiger partial charge in [-0.15, -0.1) is 4.99 Å². The van der Waals surface area contributed by atoms with Crippen molar-refractivity contribution >= 4 is 10.0 Å². The average Bonchev–Trinajstić information content (AvgIpc) is 3.35. The van der Waals surface area contributed by atoms with Gasteiger partial charge in [0, 0.05) is 44.5 Å². The van der Waals surface area contributed by atoms with Crippen LogP contribution in [0, 0.1) is 11.8 Å². The Bertz CT molecular complexity index is 1290. The minimum atomic E-state index is -3.69. The van der Waals surface area contributed by atoms with Crippen LogP contribution in [0.15, 0.2) is 41.3 Å². The first-order valence-electron chi connectivity index (χ1n) is 13.1. The lowest BCUT2D eigenvalue weighted by atomic mass is 10.0. The lowest BCUT2D eigenvalue weighted by Gasteiger charge is -2.33. The molecule has 0 radical (unpaired) electrons. The normalized spacial score (nSPS) is 18.7. The van der Waals surface area contributed by atoms with Crippen molar-refractivity contribution in [3.8, 4) is 23.3 Å². The van der Waals surface area contributed by atoms with Gasteiger partial charge in [-0.3, -0.25) is 0 Å². The van der Waals surface area contributed by atoms with Crippen LogP contribution in [0.25, 0.3) is 0 Å². The zero-order valence-electron chi connectivity index (χ0n) is 22.4. The maximum atomic E-state index is 11.3. The third kappa shape index (κ3) is 8.40. The molecule has 0 bridgehead atoms. The van der Waals surface area contributed by atoms with Crippen LogP contribution in [0.4, 0.5) is 0 Å². The number of hydrogen-bond donors (Lipinski definition) is 2. The monoisotopic (exact) mass is 560 g/mol. The quantitative estimate of drug-likeness (QED) is 0.239. The highest BCUT2D eigenvalue weighted by Gasteiger charge is 2.34. The second-order valence-corrected chi connectivity index (χ2v) is 11.5. The van der Waals surface area contributed by atoms with Crippen molar-refractivity contribution in [2.75, 3.05) is 26.3 Å². The summed E-state index contributed by atoms with van der Waals surface area (Å²) in [5.74, 6) is 6.04. The Morgan fingerprint density at radius 3 is 2.64 bits per heavy atom. The molecule has 3 N–H and O–H groups in total. The van der Waals surface area contributed by atoms with Crippen molar-refractivity contribution in [3.63, 3.8) is 0 Å². The summed E-state index contributed by atoms with van der Waals surface area (Å²) >= 11 is 0. The van der Waals surface area contributed by atoms with E-state index >= 15 is 0 Å². The highest BCUT2D eigenvalue weighted by Crippen LogP contribution is 2.42. The number of phenolic OH excluding ortho intramolecular Hbond substituents is 1. The van der Waals surface area contributed by atoms with Crippen LogP contribution < -0.4 is 9.88 Å². The third-order valence-corrected chi connectivity index (χ3v) is 7.33. The van der Waals surface area contributed by atoms with E-state index < -0.39 is 15.8 Å². The van der Waals surface area contributed by atoms with E-state index in [2.05, 4.69) is 11.8 Å². The number of unbranched alkanes of at least 4 members (excludes halogenated alkanes) is 3. The second-order valence-electron chi connectivity index (χ2n) is 9.97. The molecule has 10 nitrogen and oxygen atoms in total. The van der Waals surface area contributed by atoms with Gasteiger partial charge in [0.1, 0.15) is 17.6 Å². The van der Waals surface area contributed by atoms with E-state index in [1.54, 1.807) is 17.2 Å². The second kappa shape index (κ2) is 13.1. The molecule has 2 aliphatic rings. The smallest absolute Gasteiger partial charge is 0.238 e. The van der Waals surface area contributed by atoms with Crippen molar-refractivity contribution < 1.29 is 37.6 Å². The van der Waals surface area contributed by atoms with Crippen molar-refractivity contribution in [3.05, 3.63) is 53.1 Å². The molecule has 0 aromatic heterocycles. The number of aromatic hydroxyl groups is 1. The fraction of sp³-hybridized carbons (Fsp3) is 0.500. The molecule has 2 aliphatic heterocycles. The fourth-order valence-electron chi connectivity index (χ4n) is 4.27. The molecule has 39 heavy (non-hydrogen) atoms. The summed E-state index contributed by atoms with van der Waals surface area (Å²) in [6, 6.07) is 9.82. The number of nitrogens with two attached hydrogens (primary N) is 1. The van der Waals surface area contributed by atoms with Crippen LogP contribution >= 0.6 is 0 Å². The Kier molecular flexibility index (Phi) is 9.85. The molecule has 0 saturated carbocycles. The van der Waals surface area contributed by atoms with E-state index in [1.165, 1.54) is 12.1 Å². The Morgan fingerprint density at radius 2 is 1.87 bits per heavy atom. The number of hydroxylamine groups is 2. The largest absolute Gasteiger partial charge is 0.507 e. The zero-order chi connectivity index (χ0) is 27.9. The predicted octanol–water partition coefficient (Wildman–Crippen LogP) is 3.92. The molecule has 1 fully saturated rings. The number of fused-ring (bicyclic) bond motifs is 1. The number of hydrogen-bond acceptors (Lipinski definition) is 9. The molecule has 2 heterocycles. The first-order chi connectivity index (χ1) is 18.6. The molecule has 0 spiro atoms. The standard InChI is InChI=1S/C28H36N2O8S/c1-28(2)35-20-24-25(36-28)15-14-23(27(24)31)26-19-30(38-37-26)16-6-3-4-7-17-34-18-8-5-9-21-10-12-22(13-11-21)39(29,32)33/h10-15,26,31H,3-4,6-8,16-20H2,1-2H3,(H2,29,32,33)/t26-/m0/s1. The van der Waals surface area contributed by atoms with Gasteiger partial charge in [0.15, 0.2) is 0 Å². The topological polar surface area (TPSA) is 130 Å². The van der Waals surface area contributed by atoms with Crippen molar-refractivity contribution in [1.82, 2.24) is 5.06 Å². The van der Waals surface area contributed by atoms with Gasteiger partial charge in [0.25, 0.3) is 0 Å². The zero-order valence-corrected chi connectivity index (χ0v) is 23.2. The highest BCUT2D eigenvalue weighted by molar-refractivity contribution is 7.89. The maximum absolute atomic E-state index is 11.3. The van der Waals surface area contributed by atoms with Crippen LogP contribution in [-0.2, 0) is 36.0 Å². The first-order valence-corrected chi connectivity index (χ1v) is 14.6. The molecule has 0 amide bonds. The van der Waals surface area contributed by atoms with Gasteiger partial charge in [0.05, 0.1) is 30.2 Å². The summed E-state index contributed by atoms with van der Waals surface area (Å²) in [4.78, 5) is 10.9. The van der Waals surface area contributed by atoms with E-state index in [9.17, 15) is 13.5 Å². The molecule has 0 aliphatic carbocycles. The molecule has 1 saturated heterocycles. The summed E-state index contributed by atoms with van der Waals surface area (Å²) < 4.78 is 39.6. The molecule has 1 atom stereocenters. The van der Waals surface area contributed by atoms with E-state index in [4.69, 9.17) is 29.2 Å². The van der Waals surface area contributed by atoms with E-state index in [0.29, 0.717) is 43.1 Å². The first kappa shape index (κ1) is 29.3. The minimum Gasteiger partial charge on any atom is -0.507 e. The molecule has 0 unspecified atom stereocenters. The Morgan fingerprint density at radius 1 is 1.10 bits per heavy atom. The maximum Gasteiger partial charge on any atom is 0.238 e. The minimum absolute atomic E-state index is 0.0726. The van der Waals surface area contributed by atoms with Crippen molar-refractivity contribution in [2.24, 2.45) is 5.14 Å². The van der Waals surface area contributed by atoms with Crippen molar-refractivity contribution in [1.29, 1.82) is 0 Å². The molecule has 2 aromatic rings. The lowest BCUT2D eigenvalue weighted by Crippen LogP contribution is -2.35. The predicted molar refractivity (Wildman–Crippen MR) is 143 cm³/mol. The molecule has 2 aromatic carbocycles. The summed E-state index contributed by atoms with van der Waals surface area (Å²) in [6.07, 6.45) is 4.22. The van der Waals surface area contributed by atoms with Crippen LogP contribution in [0.1, 0.15) is 68.7 Å². The van der Waals surface area contributed by atoms with Crippen LogP contribution in [0.2, 0.25) is 0 Å². The van der Waals surface area contributed by atoms with Gasteiger partial charge in [-0.2, -0.15) is 5.06 Å². The van der Waals surface area contributed by atoms with Crippen LogP contribution in [0.3, 0.4) is 0 Å². The number of nitrogens with zero attached hydrogens (tertiary/aromatic N) is 1. The van der Waals surface area contributed by atoms with Gasteiger partial charge in [-0.25, -0.2) is 18.4 Å². The van der Waals surface area contributed by atoms with E-state index in [0.717, 1.165) is 37.8 Å². The number of phenols is 1. The Balaban J connectivity index is 1.06. The van der Waals surface area contributed by atoms with Gasteiger partial charge in [-0.05, 0) is 49.2 Å². The summed E-state index contributed by atoms with van der Waals surface area (Å²) in [5, 5.41) is 17.6. The molecular formula is C28H36N2O8S. The molecule has 11 heteroatoms. The highest BCUT2D eigenvalue weighted by atomic mass is 32.2. The molecular weight excluding hydrogens is 524 g/mol. The fourth-order valence-corrected chi connectivity index (χ4v) is 4.79. The van der Waals surface area contributed by atoms with Crippen LogP contribution in [0.5, 0.6) is 11.5 Å². The van der Waals surface area contributed by atoms with Gasteiger partial charge >= 0.3 is 0 Å². The van der Waals surface area contributed by atoms with Crippen molar-refractivity contribution in [2.45, 2.75) is 69.3 Å². The SMILES string of the molecule is CC1(C)OCc2c(ccc([C@@H]3CN(CCCCCCOCCC#Cc4ccc(S(N)(=O)=O)cc4)OO3)c2O)O1. The summed E-state index contributed by atoms with van der Waals surface area (Å²) in [7, 11) is -3.69. The molecule has 4 rings (SSSR count). The number of benzene rings is 2.